The summed E-state index contributed by atoms with van der Waals surface area (Å²) in [5.41, 5.74) is 2.96. The summed E-state index contributed by atoms with van der Waals surface area (Å²) in [6.45, 7) is 5.14. The zero-order valence-corrected chi connectivity index (χ0v) is 16.6. The zero-order chi connectivity index (χ0) is 18.8. The number of nitrogens with one attached hydrogen (secondary N) is 1. The van der Waals surface area contributed by atoms with Crippen LogP contribution in [0.25, 0.3) is 11.4 Å². The molecule has 0 saturated heterocycles. The Hall–Kier alpha value is -2.47. The maximum Gasteiger partial charge on any atom is 0.265 e. The predicted molar refractivity (Wildman–Crippen MR) is 109 cm³/mol. The van der Waals surface area contributed by atoms with Gasteiger partial charge < -0.3 is 9.88 Å². The molecule has 0 saturated carbocycles. The molecule has 0 bridgehead atoms. The van der Waals surface area contributed by atoms with Crippen molar-refractivity contribution in [3.8, 4) is 11.4 Å². The molecule has 140 valence electrons. The van der Waals surface area contributed by atoms with Crippen LogP contribution in [0, 0.1) is 6.92 Å². The Labute approximate surface area is 163 Å². The number of fused-ring (bicyclic) bond motifs is 1. The third-order valence-electron chi connectivity index (χ3n) is 5.05. The lowest BCUT2D eigenvalue weighted by atomic mass is 10.2. The summed E-state index contributed by atoms with van der Waals surface area (Å²) in [5.74, 6) is 1.90. The molecule has 2 aromatic heterocycles. The minimum Gasteiger partial charge on any atom is -0.321 e. The number of carbonyl (C=O) groups excluding carboxylic acids is 1. The number of hydrogen-bond acceptors (Lipinski definition) is 4. The van der Waals surface area contributed by atoms with Crippen molar-refractivity contribution >= 4 is 22.9 Å². The van der Waals surface area contributed by atoms with Crippen LogP contribution in [0.3, 0.4) is 0 Å². The van der Waals surface area contributed by atoms with Crippen LogP contribution in [-0.4, -0.2) is 20.7 Å². The maximum atomic E-state index is 12.6. The highest BCUT2D eigenvalue weighted by molar-refractivity contribution is 7.14. The van der Waals surface area contributed by atoms with Crippen LogP contribution in [0.2, 0.25) is 0 Å². The topological polar surface area (TPSA) is 59.8 Å². The molecule has 0 atom stereocenters. The summed E-state index contributed by atoms with van der Waals surface area (Å²) in [6, 6.07) is 9.87. The van der Waals surface area contributed by atoms with Crippen LogP contribution in [-0.2, 0) is 19.4 Å². The average molecular weight is 381 g/mol. The summed E-state index contributed by atoms with van der Waals surface area (Å²) in [7, 11) is 0. The van der Waals surface area contributed by atoms with E-state index in [1.54, 1.807) is 11.3 Å². The number of hydrogen-bond donors (Lipinski definition) is 1. The number of anilines is 1. The van der Waals surface area contributed by atoms with E-state index < -0.39 is 0 Å². The summed E-state index contributed by atoms with van der Waals surface area (Å²) >= 11 is 1.57. The van der Waals surface area contributed by atoms with E-state index >= 15 is 0 Å². The quantitative estimate of drug-likeness (QED) is 0.703. The molecule has 1 N–H and O–H groups in total. The molecule has 0 unspecified atom stereocenters. The van der Waals surface area contributed by atoms with E-state index in [-0.39, 0.29) is 5.91 Å². The van der Waals surface area contributed by atoms with Gasteiger partial charge in [-0.2, -0.15) is 0 Å². The molecule has 0 aliphatic carbocycles. The van der Waals surface area contributed by atoms with Gasteiger partial charge in [-0.05, 0) is 49.9 Å². The van der Waals surface area contributed by atoms with E-state index in [1.807, 2.05) is 30.3 Å². The van der Waals surface area contributed by atoms with Crippen molar-refractivity contribution in [1.29, 1.82) is 0 Å². The summed E-state index contributed by atoms with van der Waals surface area (Å²) < 4.78 is 2.23. The Morgan fingerprint density at radius 2 is 2.11 bits per heavy atom. The summed E-state index contributed by atoms with van der Waals surface area (Å²) in [4.78, 5) is 14.7. The van der Waals surface area contributed by atoms with Crippen LogP contribution in [0.4, 0.5) is 5.69 Å². The Morgan fingerprint density at radius 3 is 2.93 bits per heavy atom. The van der Waals surface area contributed by atoms with Gasteiger partial charge in [-0.25, -0.2) is 0 Å². The lowest BCUT2D eigenvalue weighted by Gasteiger charge is -2.09. The van der Waals surface area contributed by atoms with Gasteiger partial charge in [0.25, 0.3) is 5.91 Å². The predicted octanol–water partition coefficient (Wildman–Crippen LogP) is 4.86. The van der Waals surface area contributed by atoms with Crippen molar-refractivity contribution in [2.24, 2.45) is 0 Å². The van der Waals surface area contributed by atoms with Crippen molar-refractivity contribution in [3.63, 3.8) is 0 Å². The van der Waals surface area contributed by atoms with Gasteiger partial charge in [-0.15, -0.1) is 21.5 Å². The number of aryl methyl sites for hydroxylation is 3. The van der Waals surface area contributed by atoms with Crippen LogP contribution in [0.15, 0.2) is 30.3 Å². The monoisotopic (exact) mass is 380 g/mol. The largest absolute Gasteiger partial charge is 0.321 e. The number of benzene rings is 1. The van der Waals surface area contributed by atoms with Gasteiger partial charge in [-0.1, -0.05) is 25.5 Å². The maximum absolute atomic E-state index is 12.6. The van der Waals surface area contributed by atoms with Gasteiger partial charge in [0.05, 0.1) is 4.88 Å². The first kappa shape index (κ1) is 17.9. The molecular formula is C21H24N4OS. The molecule has 27 heavy (non-hydrogen) atoms. The molecule has 0 spiro atoms. The molecule has 6 heteroatoms. The summed E-state index contributed by atoms with van der Waals surface area (Å²) in [6.07, 6.45) is 5.51. The van der Waals surface area contributed by atoms with Crippen LogP contribution < -0.4 is 5.32 Å². The van der Waals surface area contributed by atoms with E-state index in [2.05, 4.69) is 33.9 Å². The highest BCUT2D eigenvalue weighted by atomic mass is 32.1. The Kier molecular flexibility index (Phi) is 5.07. The highest BCUT2D eigenvalue weighted by Crippen LogP contribution is 2.26. The lowest BCUT2D eigenvalue weighted by Crippen LogP contribution is -2.10. The second-order valence-electron chi connectivity index (χ2n) is 7.01. The molecule has 1 aromatic carbocycles. The molecule has 1 aliphatic rings. The lowest BCUT2D eigenvalue weighted by molar-refractivity contribution is 0.103. The molecule has 5 nitrogen and oxygen atoms in total. The molecule has 0 fully saturated rings. The molecule has 0 radical (unpaired) electrons. The van der Waals surface area contributed by atoms with Gasteiger partial charge >= 0.3 is 0 Å². The second-order valence-corrected chi connectivity index (χ2v) is 8.14. The van der Waals surface area contributed by atoms with Gasteiger partial charge in [0.2, 0.25) is 0 Å². The fraction of sp³-hybridized carbons (Fsp3) is 0.381. The average Bonchev–Trinajstić information content (AvgIpc) is 3.17. The zero-order valence-electron chi connectivity index (χ0n) is 15.8. The third-order valence-corrected chi connectivity index (χ3v) is 6.43. The summed E-state index contributed by atoms with van der Waals surface area (Å²) in [5, 5.41) is 11.8. The van der Waals surface area contributed by atoms with Gasteiger partial charge in [0.15, 0.2) is 5.82 Å². The highest BCUT2D eigenvalue weighted by Gasteiger charge is 2.17. The van der Waals surface area contributed by atoms with Crippen LogP contribution in [0.1, 0.15) is 52.1 Å². The van der Waals surface area contributed by atoms with Crippen molar-refractivity contribution in [3.05, 3.63) is 51.5 Å². The SMILES string of the molecule is CCc1sc(C(=O)Nc2cccc(-c3nnc4n3CCCCC4)c2)cc1C. The van der Waals surface area contributed by atoms with Crippen LogP contribution >= 0.6 is 11.3 Å². The number of amides is 1. The Morgan fingerprint density at radius 1 is 1.22 bits per heavy atom. The van der Waals surface area contributed by atoms with Crippen molar-refractivity contribution in [2.75, 3.05) is 5.32 Å². The molecule has 4 rings (SSSR count). The number of carbonyl (C=O) groups is 1. The molecular weight excluding hydrogens is 356 g/mol. The van der Waals surface area contributed by atoms with Crippen molar-refractivity contribution in [2.45, 2.75) is 52.5 Å². The first-order valence-corrected chi connectivity index (χ1v) is 10.4. The van der Waals surface area contributed by atoms with Gasteiger partial charge in [0, 0.05) is 29.1 Å². The molecule has 1 aliphatic heterocycles. The van der Waals surface area contributed by atoms with E-state index in [0.717, 1.165) is 53.6 Å². The standard InChI is InChI=1S/C21H24N4OS/c1-3-17-14(2)12-18(27-17)21(26)22-16-9-7-8-15(13-16)20-24-23-19-10-5-4-6-11-25(19)20/h7-9,12-13H,3-6,10-11H2,1-2H3,(H,22,26). The number of nitrogens with zero attached hydrogens (tertiary/aromatic N) is 3. The fourth-order valence-electron chi connectivity index (χ4n) is 3.61. The Balaban J connectivity index is 1.58. The van der Waals surface area contributed by atoms with Gasteiger partial charge in [0.1, 0.15) is 5.82 Å². The number of rotatable bonds is 4. The van der Waals surface area contributed by atoms with E-state index in [4.69, 9.17) is 0 Å². The molecule has 3 aromatic rings. The van der Waals surface area contributed by atoms with Crippen molar-refractivity contribution < 1.29 is 4.79 Å². The molecule has 1 amide bonds. The van der Waals surface area contributed by atoms with E-state index in [0.29, 0.717) is 0 Å². The first-order chi connectivity index (χ1) is 13.2. The van der Waals surface area contributed by atoms with Crippen LogP contribution in [0.5, 0.6) is 0 Å². The number of aromatic nitrogens is 3. The third kappa shape index (κ3) is 3.67. The smallest absolute Gasteiger partial charge is 0.265 e. The normalized spacial score (nSPS) is 13.9. The molecule has 3 heterocycles. The first-order valence-electron chi connectivity index (χ1n) is 9.59. The number of thiophene rings is 1. The van der Waals surface area contributed by atoms with Gasteiger partial charge in [-0.3, -0.25) is 4.79 Å². The Bertz CT molecular complexity index is 972. The minimum absolute atomic E-state index is 0.0555. The minimum atomic E-state index is -0.0555. The van der Waals surface area contributed by atoms with E-state index in [9.17, 15) is 4.79 Å². The van der Waals surface area contributed by atoms with E-state index in [1.165, 1.54) is 23.3 Å². The fourth-order valence-corrected chi connectivity index (χ4v) is 4.62. The second kappa shape index (κ2) is 7.64. The van der Waals surface area contributed by atoms with Crippen molar-refractivity contribution in [1.82, 2.24) is 14.8 Å².